The van der Waals surface area contributed by atoms with Crippen LogP contribution in [0.1, 0.15) is 91.9 Å². The van der Waals surface area contributed by atoms with E-state index in [9.17, 15) is 0 Å². The van der Waals surface area contributed by atoms with Gasteiger partial charge in [-0.2, -0.15) is 0 Å². The molecule has 2 nitrogen and oxygen atoms in total. The Morgan fingerprint density at radius 2 is 1.70 bits per heavy atom. The van der Waals surface area contributed by atoms with Crippen molar-refractivity contribution in [2.24, 2.45) is 11.8 Å². The zero-order valence-electron chi connectivity index (χ0n) is 16.7. The van der Waals surface area contributed by atoms with Gasteiger partial charge in [0.05, 0.1) is 6.10 Å². The number of unbranched alkanes of at least 4 members (excludes halogenated alkanes) is 1. The van der Waals surface area contributed by atoms with E-state index in [0.29, 0.717) is 6.10 Å². The Labute approximate surface area is 146 Å². The largest absolute Gasteiger partial charge is 0.381 e. The monoisotopic (exact) mass is 325 g/mol. The maximum atomic E-state index is 5.80. The third-order valence-corrected chi connectivity index (χ3v) is 5.88. The van der Waals surface area contributed by atoms with Crippen LogP contribution in [0.5, 0.6) is 0 Å². The Morgan fingerprint density at radius 1 is 0.913 bits per heavy atom. The average Bonchev–Trinajstić information content (AvgIpc) is 2.62. The van der Waals surface area contributed by atoms with Gasteiger partial charge in [0.25, 0.3) is 0 Å². The van der Waals surface area contributed by atoms with Crippen molar-refractivity contribution in [3.63, 3.8) is 0 Å². The third-order valence-electron chi connectivity index (χ3n) is 5.88. The molecule has 0 spiro atoms. The van der Waals surface area contributed by atoms with Gasteiger partial charge in [0.1, 0.15) is 0 Å². The molecule has 0 heterocycles. The molecule has 0 bridgehead atoms. The molecular formula is C21H43NO. The van der Waals surface area contributed by atoms with Crippen molar-refractivity contribution in [2.75, 3.05) is 20.2 Å². The van der Waals surface area contributed by atoms with Gasteiger partial charge in [-0.3, -0.25) is 0 Å². The van der Waals surface area contributed by atoms with Crippen molar-refractivity contribution >= 4 is 0 Å². The Hall–Kier alpha value is -0.0800. The minimum atomic E-state index is 0.489. The fraction of sp³-hybridized carbons (Fsp3) is 1.00. The van der Waals surface area contributed by atoms with Crippen LogP contribution < -0.4 is 0 Å². The van der Waals surface area contributed by atoms with Crippen molar-refractivity contribution in [2.45, 2.75) is 104 Å². The second-order valence-corrected chi connectivity index (χ2v) is 7.84. The maximum absolute atomic E-state index is 5.80. The zero-order valence-corrected chi connectivity index (χ0v) is 16.7. The summed E-state index contributed by atoms with van der Waals surface area (Å²) < 4.78 is 5.80. The van der Waals surface area contributed by atoms with Crippen LogP contribution in [0.2, 0.25) is 0 Å². The molecule has 4 unspecified atom stereocenters. The van der Waals surface area contributed by atoms with Crippen LogP contribution in [0.4, 0.5) is 0 Å². The minimum Gasteiger partial charge on any atom is -0.381 e. The molecule has 1 fully saturated rings. The van der Waals surface area contributed by atoms with E-state index in [1.165, 1.54) is 77.3 Å². The molecular weight excluding hydrogens is 282 g/mol. The summed E-state index contributed by atoms with van der Waals surface area (Å²) in [5, 5.41) is 0. The number of nitrogens with zero attached hydrogens (tertiary/aromatic N) is 1. The smallest absolute Gasteiger partial charge is 0.0574 e. The molecule has 2 heteroatoms. The van der Waals surface area contributed by atoms with Gasteiger partial charge >= 0.3 is 0 Å². The van der Waals surface area contributed by atoms with Gasteiger partial charge < -0.3 is 9.64 Å². The first-order chi connectivity index (χ1) is 11.2. The molecule has 1 rings (SSSR count). The van der Waals surface area contributed by atoms with Crippen molar-refractivity contribution in [3.05, 3.63) is 0 Å². The second-order valence-electron chi connectivity index (χ2n) is 7.84. The van der Waals surface area contributed by atoms with Crippen molar-refractivity contribution in [3.8, 4) is 0 Å². The van der Waals surface area contributed by atoms with E-state index in [1.54, 1.807) is 0 Å². The molecule has 0 aliphatic heterocycles. The lowest BCUT2D eigenvalue weighted by Gasteiger charge is -2.36. The summed E-state index contributed by atoms with van der Waals surface area (Å²) in [5.74, 6) is 1.67. The van der Waals surface area contributed by atoms with Crippen LogP contribution in [0.25, 0.3) is 0 Å². The first-order valence-electron chi connectivity index (χ1n) is 10.4. The van der Waals surface area contributed by atoms with Gasteiger partial charge in [0.2, 0.25) is 0 Å². The van der Waals surface area contributed by atoms with Crippen molar-refractivity contribution in [1.29, 1.82) is 0 Å². The lowest BCUT2D eigenvalue weighted by molar-refractivity contribution is 0.0670. The molecule has 0 aromatic heterocycles. The van der Waals surface area contributed by atoms with Crippen LogP contribution in [0.3, 0.4) is 0 Å². The molecule has 0 N–H and O–H groups in total. The Bertz CT molecular complexity index is 281. The summed E-state index contributed by atoms with van der Waals surface area (Å²) >= 11 is 0. The van der Waals surface area contributed by atoms with Crippen molar-refractivity contribution in [1.82, 2.24) is 4.90 Å². The number of methoxy groups -OCH3 is 1. The van der Waals surface area contributed by atoms with Crippen LogP contribution in [0.15, 0.2) is 0 Å². The summed E-state index contributed by atoms with van der Waals surface area (Å²) in [4.78, 5) is 2.82. The second kappa shape index (κ2) is 12.3. The molecule has 0 radical (unpaired) electrons. The van der Waals surface area contributed by atoms with E-state index < -0.39 is 0 Å². The first kappa shape index (κ1) is 21.0. The third kappa shape index (κ3) is 7.56. The molecule has 0 saturated heterocycles. The van der Waals surface area contributed by atoms with E-state index in [2.05, 4.69) is 32.6 Å². The Morgan fingerprint density at radius 3 is 2.30 bits per heavy atom. The van der Waals surface area contributed by atoms with E-state index in [0.717, 1.165) is 17.9 Å². The summed E-state index contributed by atoms with van der Waals surface area (Å²) in [6, 6.07) is 0.788. The van der Waals surface area contributed by atoms with E-state index >= 15 is 0 Å². The van der Waals surface area contributed by atoms with Crippen molar-refractivity contribution < 1.29 is 4.74 Å². The van der Waals surface area contributed by atoms with Gasteiger partial charge in [-0.1, -0.05) is 47.0 Å². The molecule has 0 amide bonds. The predicted molar refractivity (Wildman–Crippen MR) is 102 cm³/mol. The highest BCUT2D eigenvalue weighted by Gasteiger charge is 2.28. The molecule has 0 aromatic carbocycles. The molecule has 0 aromatic rings. The predicted octanol–water partition coefficient (Wildman–Crippen LogP) is 5.90. The lowest BCUT2D eigenvalue weighted by atomic mass is 9.88. The molecule has 1 saturated carbocycles. The normalized spacial score (nSPS) is 30.0. The number of ether oxygens (including phenoxy) is 1. The lowest BCUT2D eigenvalue weighted by Crippen LogP contribution is -2.41. The number of hydrogen-bond donors (Lipinski definition) is 0. The van der Waals surface area contributed by atoms with E-state index in [1.807, 2.05) is 7.11 Å². The van der Waals surface area contributed by atoms with Gasteiger partial charge in [-0.25, -0.2) is 0 Å². The summed E-state index contributed by atoms with van der Waals surface area (Å²) in [6.45, 7) is 12.1. The van der Waals surface area contributed by atoms with Gasteiger partial charge in [0, 0.05) is 13.2 Å². The topological polar surface area (TPSA) is 12.5 Å². The Balaban J connectivity index is 2.78. The fourth-order valence-corrected chi connectivity index (χ4v) is 4.46. The number of rotatable bonds is 9. The quantitative estimate of drug-likeness (QED) is 0.523. The SMILES string of the molecule is CCCCN(CCC)C1CCC(CCC)CC(OC)CCC1C. The minimum absolute atomic E-state index is 0.489. The highest BCUT2D eigenvalue weighted by atomic mass is 16.5. The molecule has 1 aliphatic rings. The van der Waals surface area contributed by atoms with E-state index in [-0.39, 0.29) is 0 Å². The van der Waals surface area contributed by atoms with E-state index in [4.69, 9.17) is 4.74 Å². The number of hydrogen-bond acceptors (Lipinski definition) is 2. The van der Waals surface area contributed by atoms with Crippen LogP contribution >= 0.6 is 0 Å². The van der Waals surface area contributed by atoms with Gasteiger partial charge in [-0.15, -0.1) is 0 Å². The molecule has 1 aliphatic carbocycles. The van der Waals surface area contributed by atoms with Gasteiger partial charge in [0.15, 0.2) is 0 Å². The average molecular weight is 326 g/mol. The fourth-order valence-electron chi connectivity index (χ4n) is 4.46. The Kier molecular flexibility index (Phi) is 11.2. The molecule has 4 atom stereocenters. The molecule has 138 valence electrons. The highest BCUT2D eigenvalue weighted by Crippen LogP contribution is 2.31. The summed E-state index contributed by atoms with van der Waals surface area (Å²) in [5.41, 5.74) is 0. The highest BCUT2D eigenvalue weighted by molar-refractivity contribution is 4.82. The first-order valence-corrected chi connectivity index (χ1v) is 10.4. The van der Waals surface area contributed by atoms with Crippen LogP contribution in [-0.4, -0.2) is 37.2 Å². The zero-order chi connectivity index (χ0) is 17.1. The summed E-state index contributed by atoms with van der Waals surface area (Å²) in [6.07, 6.45) is 13.8. The van der Waals surface area contributed by atoms with Gasteiger partial charge in [-0.05, 0) is 69.9 Å². The maximum Gasteiger partial charge on any atom is 0.0574 e. The van der Waals surface area contributed by atoms with Crippen LogP contribution in [0, 0.1) is 11.8 Å². The summed E-state index contributed by atoms with van der Waals surface area (Å²) in [7, 11) is 1.92. The standard InChI is InChI=1S/C21H43NO/c1-6-9-16-22(15-8-3)21-14-12-19(10-7-2)17-20(23-5)13-11-18(21)4/h18-21H,6-17H2,1-5H3. The molecule has 23 heavy (non-hydrogen) atoms. The van der Waals surface area contributed by atoms with Crippen LogP contribution in [-0.2, 0) is 4.74 Å².